The predicted molar refractivity (Wildman–Crippen MR) is 70.8 cm³/mol. The van der Waals surface area contributed by atoms with Crippen molar-refractivity contribution in [3.8, 4) is 0 Å². The first kappa shape index (κ1) is 18.9. The van der Waals surface area contributed by atoms with Gasteiger partial charge >= 0.3 is 9.24 Å². The Morgan fingerprint density at radius 2 is 1.56 bits per heavy atom. The largest absolute Gasteiger partial charge is 0.323 e. The molecule has 0 heterocycles. The van der Waals surface area contributed by atoms with Crippen LogP contribution in [0.15, 0.2) is 30.3 Å². The topological polar surface area (TPSA) is 92.3 Å². The van der Waals surface area contributed by atoms with Crippen molar-refractivity contribution in [3.05, 3.63) is 35.9 Å². The van der Waals surface area contributed by atoms with Crippen LogP contribution in [0.5, 0.6) is 0 Å². The van der Waals surface area contributed by atoms with E-state index in [4.69, 9.17) is 0 Å². The van der Waals surface area contributed by atoms with Gasteiger partial charge in [-0.15, -0.1) is 0 Å². The Morgan fingerprint density at radius 3 is 1.72 bits per heavy atom. The highest BCUT2D eigenvalue weighted by atomic mass is 35.7. The molecule has 18 heavy (non-hydrogen) atoms. The van der Waals surface area contributed by atoms with Gasteiger partial charge in [0.05, 0.1) is 0 Å². The van der Waals surface area contributed by atoms with Crippen molar-refractivity contribution in [2.24, 2.45) is 0 Å². The molecule has 0 bridgehead atoms. The lowest BCUT2D eigenvalue weighted by Gasteiger charge is -1.82. The zero-order chi connectivity index (χ0) is 14.4. The molecule has 8 heteroatoms. The zero-order valence-corrected chi connectivity index (χ0v) is 11.5. The maximum atomic E-state index is 10.0. The summed E-state index contributed by atoms with van der Waals surface area (Å²) in [6.45, 7) is 0. The van der Waals surface area contributed by atoms with Crippen LogP contribution in [-0.2, 0) is 14.0 Å². The summed E-state index contributed by atoms with van der Waals surface area (Å²) in [7, 11) is 4.39. The average molecular weight is 295 g/mol. The van der Waals surface area contributed by atoms with E-state index in [1.54, 1.807) is 12.1 Å². The molecule has 0 radical (unpaired) electrons. The minimum absolute atomic E-state index is 0.0116. The first-order valence-electron chi connectivity index (χ1n) is 4.65. The number of hydrogen-bond acceptors (Lipinski definition) is 5. The van der Waals surface area contributed by atoms with Crippen molar-refractivity contribution >= 4 is 32.6 Å². The third-order valence-corrected chi connectivity index (χ3v) is 1.77. The Hall–Kier alpha value is -1.44. The minimum Gasteiger partial charge on any atom is -0.323 e. The van der Waals surface area contributed by atoms with Crippen LogP contribution >= 0.6 is 10.7 Å². The van der Waals surface area contributed by atoms with Crippen molar-refractivity contribution in [2.75, 3.05) is 14.1 Å². The highest BCUT2D eigenvalue weighted by Crippen LogP contribution is 1.91. The van der Waals surface area contributed by atoms with Gasteiger partial charge in [-0.1, -0.05) is 30.3 Å². The molecule has 0 saturated heterocycles. The highest BCUT2D eigenvalue weighted by molar-refractivity contribution is 8.12. The van der Waals surface area contributed by atoms with Crippen LogP contribution in [0.2, 0.25) is 0 Å². The highest BCUT2D eigenvalue weighted by Gasteiger charge is 1.96. The van der Waals surface area contributed by atoms with Crippen molar-refractivity contribution in [1.29, 1.82) is 0 Å². The van der Waals surface area contributed by atoms with Crippen LogP contribution in [0.4, 0.5) is 0 Å². The molecule has 1 aromatic rings. The molecule has 0 fully saturated rings. The first-order valence-corrected chi connectivity index (χ1v) is 6.96. The van der Waals surface area contributed by atoms with E-state index in [-0.39, 0.29) is 6.41 Å². The average Bonchev–Trinajstić information content (AvgIpc) is 2.30. The van der Waals surface area contributed by atoms with Gasteiger partial charge in [-0.3, -0.25) is 9.59 Å². The van der Waals surface area contributed by atoms with E-state index in [0.717, 1.165) is 11.8 Å². The number of carbonyl (C=O) groups excluding carboxylic acids is 2. The number of carbonyl (C=O) groups is 2. The lowest BCUT2D eigenvalue weighted by Crippen LogP contribution is -2.14. The maximum Gasteiger partial charge on any atom is 0.321 e. The lowest BCUT2D eigenvalue weighted by atomic mass is 10.2. The molecule has 2 N–H and O–H groups in total. The molecule has 0 unspecified atom stereocenters. The van der Waals surface area contributed by atoms with Crippen molar-refractivity contribution in [2.45, 2.75) is 0 Å². The van der Waals surface area contributed by atoms with E-state index in [1.807, 2.05) is 32.3 Å². The van der Waals surface area contributed by atoms with E-state index < -0.39 is 9.24 Å². The number of nitrogens with one attached hydrogen (secondary N) is 2. The quantitative estimate of drug-likeness (QED) is 0.627. The van der Waals surface area contributed by atoms with Gasteiger partial charge in [0.1, 0.15) is 6.29 Å². The summed E-state index contributed by atoms with van der Waals surface area (Å²) in [4.78, 5) is 19.3. The third-order valence-electron chi connectivity index (χ3n) is 1.12. The maximum absolute atomic E-state index is 10.0. The molecule has 0 aliphatic carbocycles. The van der Waals surface area contributed by atoms with Gasteiger partial charge in [-0.2, -0.15) is 8.42 Å². The summed E-state index contributed by atoms with van der Waals surface area (Å²) in [6.07, 6.45) is 0.822. The summed E-state index contributed by atoms with van der Waals surface area (Å²) in [6, 6.07) is 9.10. The monoisotopic (exact) mass is 294 g/mol. The SMILES string of the molecule is CNC.O=CNS(=O)(=O)Cl.O=Cc1ccccc1. The molecule has 0 saturated carbocycles. The van der Waals surface area contributed by atoms with Gasteiger partial charge < -0.3 is 5.32 Å². The predicted octanol–water partition coefficient (Wildman–Crippen LogP) is 0.551. The summed E-state index contributed by atoms with van der Waals surface area (Å²) < 4.78 is 20.7. The Morgan fingerprint density at radius 1 is 1.11 bits per heavy atom. The number of aldehydes is 1. The molecule has 6 nitrogen and oxygen atoms in total. The molecule has 102 valence electrons. The number of amides is 1. The molecule has 1 amide bonds. The van der Waals surface area contributed by atoms with Crippen LogP contribution in [-0.4, -0.2) is 35.2 Å². The minimum atomic E-state index is -3.82. The second-order valence-electron chi connectivity index (χ2n) is 2.70. The number of halogens is 1. The van der Waals surface area contributed by atoms with E-state index in [1.165, 1.54) is 4.72 Å². The molecule has 0 aliphatic rings. The number of benzene rings is 1. The van der Waals surface area contributed by atoms with E-state index in [9.17, 15) is 18.0 Å². The van der Waals surface area contributed by atoms with Gasteiger partial charge in [0.15, 0.2) is 0 Å². The summed E-state index contributed by atoms with van der Waals surface area (Å²) >= 11 is 0. The van der Waals surface area contributed by atoms with Crippen molar-refractivity contribution in [3.63, 3.8) is 0 Å². The van der Waals surface area contributed by atoms with Gasteiger partial charge in [-0.05, 0) is 14.1 Å². The first-order chi connectivity index (χ1) is 8.41. The second-order valence-corrected chi connectivity index (χ2v) is 5.03. The van der Waals surface area contributed by atoms with Gasteiger partial charge in [0.25, 0.3) is 0 Å². The molecule has 0 aliphatic heterocycles. The Bertz CT molecular complexity index is 423. The van der Waals surface area contributed by atoms with E-state index >= 15 is 0 Å². The normalized spacial score (nSPS) is 8.83. The number of rotatable bonds is 3. The number of hydrogen-bond donors (Lipinski definition) is 2. The van der Waals surface area contributed by atoms with Gasteiger partial charge in [0.2, 0.25) is 6.41 Å². The molecule has 1 rings (SSSR count). The summed E-state index contributed by atoms with van der Waals surface area (Å²) in [5.74, 6) is 0. The fourth-order valence-corrected chi connectivity index (χ4v) is 0.813. The Balaban J connectivity index is 0. The summed E-state index contributed by atoms with van der Waals surface area (Å²) in [5, 5.41) is 2.75. The van der Waals surface area contributed by atoms with Crippen LogP contribution < -0.4 is 10.0 Å². The zero-order valence-electron chi connectivity index (χ0n) is 9.96. The smallest absolute Gasteiger partial charge is 0.321 e. The standard InChI is InChI=1S/C7H6O.C2H7N.CH2ClNO3S/c8-6-7-4-2-1-3-5-7;1-3-2;2-7(5,6)3-1-4/h1-6H;3H,1-2H3;1H,(H,3,4). The molecule has 0 spiro atoms. The second kappa shape index (κ2) is 12.0. The van der Waals surface area contributed by atoms with Crippen LogP contribution in [0, 0.1) is 0 Å². The van der Waals surface area contributed by atoms with E-state index in [0.29, 0.717) is 0 Å². The van der Waals surface area contributed by atoms with Crippen LogP contribution in [0.1, 0.15) is 10.4 Å². The Kier molecular flexibility index (Phi) is 12.6. The van der Waals surface area contributed by atoms with Crippen LogP contribution in [0.3, 0.4) is 0 Å². The lowest BCUT2D eigenvalue weighted by molar-refractivity contribution is -0.108. The summed E-state index contributed by atoms with van der Waals surface area (Å²) in [5.41, 5.74) is 0.729. The van der Waals surface area contributed by atoms with Gasteiger partial charge in [-0.25, -0.2) is 4.72 Å². The van der Waals surface area contributed by atoms with Gasteiger partial charge in [0, 0.05) is 16.2 Å². The Labute approximate surface area is 111 Å². The third kappa shape index (κ3) is 17.0. The van der Waals surface area contributed by atoms with Crippen molar-refractivity contribution < 1.29 is 18.0 Å². The van der Waals surface area contributed by atoms with Crippen LogP contribution in [0.25, 0.3) is 0 Å². The fraction of sp³-hybridized carbons (Fsp3) is 0.200. The molecule has 1 aromatic carbocycles. The van der Waals surface area contributed by atoms with E-state index in [2.05, 4.69) is 16.0 Å². The van der Waals surface area contributed by atoms with Crippen molar-refractivity contribution in [1.82, 2.24) is 10.0 Å². The molecular weight excluding hydrogens is 280 g/mol. The fourth-order valence-electron chi connectivity index (χ4n) is 0.589. The molecule has 0 atom stereocenters. The molecular formula is C10H15ClN2O4S. The molecule has 0 aromatic heterocycles.